The molecule has 8 nitrogen and oxygen atoms in total. The minimum atomic E-state index is -0.303. The molecule has 3 heterocycles. The molecule has 5 rings (SSSR count). The predicted molar refractivity (Wildman–Crippen MR) is 128 cm³/mol. The zero-order valence-electron chi connectivity index (χ0n) is 17.5. The number of carbonyl (C=O) groups is 1. The van der Waals surface area contributed by atoms with E-state index in [1.807, 2.05) is 30.3 Å². The van der Waals surface area contributed by atoms with Crippen molar-refractivity contribution in [1.82, 2.24) is 19.6 Å². The number of aromatic nitrogens is 4. The summed E-state index contributed by atoms with van der Waals surface area (Å²) in [5, 5.41) is 5.42. The SMILES string of the molecule is COC(=O)Cc1ccc(Oc2nc3c(-c4cnc5ccccc5c4)cnn3c(N)c2Br)cc1. The van der Waals surface area contributed by atoms with E-state index in [4.69, 9.17) is 15.2 Å². The second kappa shape index (κ2) is 8.51. The van der Waals surface area contributed by atoms with Crippen LogP contribution in [0.1, 0.15) is 5.56 Å². The molecule has 0 aliphatic heterocycles. The number of fused-ring (bicyclic) bond motifs is 2. The number of methoxy groups -OCH3 is 1. The van der Waals surface area contributed by atoms with Crippen molar-refractivity contribution in [1.29, 1.82) is 0 Å². The topological polar surface area (TPSA) is 105 Å². The van der Waals surface area contributed by atoms with Gasteiger partial charge in [0.1, 0.15) is 16.0 Å². The number of nitrogens with zero attached hydrogens (tertiary/aromatic N) is 4. The lowest BCUT2D eigenvalue weighted by Gasteiger charge is -2.11. The first-order valence-electron chi connectivity index (χ1n) is 10.0. The fourth-order valence-electron chi connectivity index (χ4n) is 3.49. The number of pyridine rings is 1. The summed E-state index contributed by atoms with van der Waals surface area (Å²) in [5.41, 5.74) is 10.2. The van der Waals surface area contributed by atoms with E-state index >= 15 is 0 Å². The molecule has 0 radical (unpaired) electrons. The van der Waals surface area contributed by atoms with Crippen molar-refractivity contribution in [3.63, 3.8) is 0 Å². The van der Waals surface area contributed by atoms with Gasteiger partial charge in [0.15, 0.2) is 5.65 Å². The third kappa shape index (κ3) is 3.98. The van der Waals surface area contributed by atoms with Gasteiger partial charge in [-0.1, -0.05) is 30.3 Å². The maximum atomic E-state index is 11.5. The molecule has 0 saturated heterocycles. The van der Waals surface area contributed by atoms with Crippen LogP contribution in [-0.4, -0.2) is 32.7 Å². The summed E-state index contributed by atoms with van der Waals surface area (Å²) in [5.74, 6) is 0.908. The van der Waals surface area contributed by atoms with Gasteiger partial charge in [-0.25, -0.2) is 0 Å². The van der Waals surface area contributed by atoms with Gasteiger partial charge in [0.05, 0.1) is 25.2 Å². The van der Waals surface area contributed by atoms with Crippen molar-refractivity contribution in [3.8, 4) is 22.8 Å². The van der Waals surface area contributed by atoms with Crippen LogP contribution < -0.4 is 10.5 Å². The molecule has 0 unspecified atom stereocenters. The third-order valence-electron chi connectivity index (χ3n) is 5.21. The van der Waals surface area contributed by atoms with E-state index in [0.717, 1.165) is 27.6 Å². The first kappa shape index (κ1) is 20.9. The number of rotatable bonds is 5. The summed E-state index contributed by atoms with van der Waals surface area (Å²) < 4.78 is 12.7. The van der Waals surface area contributed by atoms with Crippen molar-refractivity contribution < 1.29 is 14.3 Å². The first-order valence-corrected chi connectivity index (χ1v) is 10.8. The van der Waals surface area contributed by atoms with Crippen molar-refractivity contribution in [2.75, 3.05) is 12.8 Å². The van der Waals surface area contributed by atoms with Crippen molar-refractivity contribution in [2.24, 2.45) is 0 Å². The van der Waals surface area contributed by atoms with Gasteiger partial charge in [-0.05, 0) is 45.8 Å². The van der Waals surface area contributed by atoms with Crippen LogP contribution in [0.2, 0.25) is 0 Å². The summed E-state index contributed by atoms with van der Waals surface area (Å²) in [6.07, 6.45) is 3.69. The Hall–Kier alpha value is -3.98. The van der Waals surface area contributed by atoms with Gasteiger partial charge in [-0.3, -0.25) is 9.78 Å². The minimum Gasteiger partial charge on any atom is -0.469 e. The average Bonchev–Trinajstić information content (AvgIpc) is 3.27. The van der Waals surface area contributed by atoms with Crippen LogP contribution in [0.25, 0.3) is 27.7 Å². The Morgan fingerprint density at radius 2 is 1.91 bits per heavy atom. The molecule has 33 heavy (non-hydrogen) atoms. The molecule has 0 atom stereocenters. The van der Waals surface area contributed by atoms with Gasteiger partial charge in [0, 0.05) is 22.7 Å². The summed E-state index contributed by atoms with van der Waals surface area (Å²) in [7, 11) is 1.36. The Labute approximate surface area is 197 Å². The first-order chi connectivity index (χ1) is 16.0. The predicted octanol–water partition coefficient (Wildman–Crippen LogP) is 4.80. The van der Waals surface area contributed by atoms with Gasteiger partial charge < -0.3 is 15.2 Å². The Morgan fingerprint density at radius 3 is 2.70 bits per heavy atom. The number of carbonyl (C=O) groups excluding carboxylic acids is 1. The second-order valence-corrected chi connectivity index (χ2v) is 8.12. The molecule has 0 spiro atoms. The maximum absolute atomic E-state index is 11.5. The van der Waals surface area contributed by atoms with Crippen LogP contribution in [0.5, 0.6) is 11.6 Å². The van der Waals surface area contributed by atoms with E-state index in [0.29, 0.717) is 27.6 Å². The molecule has 5 aromatic rings. The van der Waals surface area contributed by atoms with E-state index in [-0.39, 0.29) is 12.4 Å². The van der Waals surface area contributed by atoms with Crippen molar-refractivity contribution in [3.05, 3.63) is 77.0 Å². The standard InChI is InChI=1S/C24H18BrN5O3/c1-32-20(31)10-14-6-8-17(9-7-14)33-24-21(25)22(26)30-23(29-24)18(13-28-30)16-11-15-4-2-3-5-19(15)27-12-16/h2-9,11-13H,10,26H2,1H3. The summed E-state index contributed by atoms with van der Waals surface area (Å²) in [6, 6.07) is 17.1. The van der Waals surface area contributed by atoms with Crippen LogP contribution in [0.15, 0.2) is 71.5 Å². The van der Waals surface area contributed by atoms with E-state index in [2.05, 4.69) is 31.0 Å². The second-order valence-electron chi connectivity index (χ2n) is 7.33. The number of nitrogen functional groups attached to an aromatic ring is 1. The number of para-hydroxylation sites is 1. The largest absolute Gasteiger partial charge is 0.469 e. The van der Waals surface area contributed by atoms with Gasteiger partial charge in [0.25, 0.3) is 0 Å². The molecule has 0 amide bonds. The number of hydrogen-bond donors (Lipinski definition) is 1. The van der Waals surface area contributed by atoms with Crippen LogP contribution in [0.3, 0.4) is 0 Å². The van der Waals surface area contributed by atoms with Gasteiger partial charge in [0.2, 0.25) is 5.88 Å². The zero-order valence-corrected chi connectivity index (χ0v) is 19.1. The third-order valence-corrected chi connectivity index (χ3v) is 5.95. The molecule has 0 saturated carbocycles. The molecule has 0 bridgehead atoms. The minimum absolute atomic E-state index is 0.191. The number of nitrogens with two attached hydrogens (primary N) is 1. The average molecular weight is 504 g/mol. The van der Waals surface area contributed by atoms with Gasteiger partial charge in [-0.15, -0.1) is 0 Å². The number of hydrogen-bond acceptors (Lipinski definition) is 7. The van der Waals surface area contributed by atoms with E-state index in [1.54, 1.807) is 41.2 Å². The van der Waals surface area contributed by atoms with E-state index in [1.165, 1.54) is 7.11 Å². The quantitative estimate of drug-likeness (QED) is 0.343. The van der Waals surface area contributed by atoms with E-state index < -0.39 is 0 Å². The Balaban J connectivity index is 1.52. The fraction of sp³-hybridized carbons (Fsp3) is 0.0833. The molecule has 3 aromatic heterocycles. The number of ether oxygens (including phenoxy) is 2. The number of anilines is 1. The molecule has 164 valence electrons. The normalized spacial score (nSPS) is 11.1. The van der Waals surface area contributed by atoms with Crippen LogP contribution in [0.4, 0.5) is 5.82 Å². The molecule has 0 aliphatic rings. The van der Waals surface area contributed by atoms with Gasteiger partial charge >= 0.3 is 5.97 Å². The maximum Gasteiger partial charge on any atom is 0.309 e. The summed E-state index contributed by atoms with van der Waals surface area (Å²) in [4.78, 5) is 20.7. The Morgan fingerprint density at radius 1 is 1.12 bits per heavy atom. The number of benzene rings is 2. The lowest BCUT2D eigenvalue weighted by atomic mass is 10.1. The Kier molecular flexibility index (Phi) is 5.39. The highest BCUT2D eigenvalue weighted by atomic mass is 79.9. The highest BCUT2D eigenvalue weighted by molar-refractivity contribution is 9.10. The highest BCUT2D eigenvalue weighted by Gasteiger charge is 2.18. The number of halogens is 1. The van der Waals surface area contributed by atoms with Crippen LogP contribution >= 0.6 is 15.9 Å². The van der Waals surface area contributed by atoms with Gasteiger partial charge in [-0.2, -0.15) is 14.6 Å². The fourth-order valence-corrected chi connectivity index (χ4v) is 3.83. The lowest BCUT2D eigenvalue weighted by Crippen LogP contribution is -2.05. The molecule has 0 aliphatic carbocycles. The Bertz CT molecular complexity index is 1500. The van der Waals surface area contributed by atoms with E-state index in [9.17, 15) is 4.79 Å². The molecule has 0 fully saturated rings. The molecule has 2 N–H and O–H groups in total. The van der Waals surface area contributed by atoms with Crippen LogP contribution in [-0.2, 0) is 16.0 Å². The smallest absolute Gasteiger partial charge is 0.309 e. The lowest BCUT2D eigenvalue weighted by molar-refractivity contribution is -0.139. The van der Waals surface area contributed by atoms with Crippen LogP contribution in [0, 0.1) is 0 Å². The molecule has 2 aromatic carbocycles. The van der Waals surface area contributed by atoms with Crippen molar-refractivity contribution in [2.45, 2.75) is 6.42 Å². The molecule has 9 heteroatoms. The highest BCUT2D eigenvalue weighted by Crippen LogP contribution is 2.36. The monoisotopic (exact) mass is 503 g/mol. The summed E-state index contributed by atoms with van der Waals surface area (Å²) in [6.45, 7) is 0. The molecular weight excluding hydrogens is 486 g/mol. The molecular formula is C24H18BrN5O3. The number of esters is 1. The summed E-state index contributed by atoms with van der Waals surface area (Å²) >= 11 is 3.47. The van der Waals surface area contributed by atoms with Crippen molar-refractivity contribution >= 4 is 44.3 Å². The zero-order chi connectivity index (χ0) is 22.9.